The molecule has 2 N–H and O–H groups in total. The number of carbonyl (C=O) groups is 1. The Bertz CT molecular complexity index is 1010. The number of aliphatic hydroxyl groups excluding tert-OH is 1. The van der Waals surface area contributed by atoms with Crippen LogP contribution in [0.1, 0.15) is 11.3 Å². The number of amides is 1. The Labute approximate surface area is 177 Å². The van der Waals surface area contributed by atoms with Crippen LogP contribution in [0.15, 0.2) is 53.8 Å². The van der Waals surface area contributed by atoms with Crippen LogP contribution >= 0.6 is 11.8 Å². The predicted octanol–water partition coefficient (Wildman–Crippen LogP) is 3.31. The van der Waals surface area contributed by atoms with Crippen LogP contribution in [0.5, 0.6) is 11.5 Å². The van der Waals surface area contributed by atoms with E-state index in [9.17, 15) is 14.3 Å². The number of rotatable bonds is 9. The molecular formula is C21H22FN3O4S. The normalized spacial score (nSPS) is 10.7. The maximum absolute atomic E-state index is 13.1. The molecule has 30 heavy (non-hydrogen) atoms. The molecule has 7 nitrogen and oxygen atoms in total. The number of nitrogens with one attached hydrogen (secondary N) is 1. The van der Waals surface area contributed by atoms with E-state index in [0.717, 1.165) is 5.56 Å². The summed E-state index contributed by atoms with van der Waals surface area (Å²) in [7, 11) is 3.07. The number of thioether (sulfide) groups is 1. The maximum Gasteiger partial charge on any atom is 0.234 e. The molecule has 0 radical (unpaired) electrons. The first-order valence-electron chi connectivity index (χ1n) is 9.08. The minimum absolute atomic E-state index is 0.125. The summed E-state index contributed by atoms with van der Waals surface area (Å²) in [5.74, 6) is 0.691. The van der Waals surface area contributed by atoms with Gasteiger partial charge in [-0.2, -0.15) is 0 Å². The molecule has 0 spiro atoms. The van der Waals surface area contributed by atoms with Gasteiger partial charge in [0, 0.05) is 18.3 Å². The summed E-state index contributed by atoms with van der Waals surface area (Å²) in [5, 5.41) is 13.0. The molecule has 3 aromatic rings. The van der Waals surface area contributed by atoms with Gasteiger partial charge in [-0.3, -0.25) is 4.79 Å². The highest BCUT2D eigenvalue weighted by molar-refractivity contribution is 7.99. The Balaban J connectivity index is 1.66. The van der Waals surface area contributed by atoms with E-state index in [-0.39, 0.29) is 24.1 Å². The summed E-state index contributed by atoms with van der Waals surface area (Å²) in [4.78, 5) is 16.7. The highest BCUT2D eigenvalue weighted by atomic mass is 32.2. The van der Waals surface area contributed by atoms with E-state index in [1.165, 1.54) is 31.0 Å². The van der Waals surface area contributed by atoms with Crippen molar-refractivity contribution in [1.82, 2.24) is 9.55 Å². The molecule has 0 bridgehead atoms. The molecule has 0 aliphatic carbocycles. The quantitative estimate of drug-likeness (QED) is 0.506. The minimum Gasteiger partial charge on any atom is -0.493 e. The van der Waals surface area contributed by atoms with Crippen LogP contribution < -0.4 is 14.8 Å². The summed E-state index contributed by atoms with van der Waals surface area (Å²) >= 11 is 1.25. The van der Waals surface area contributed by atoms with Gasteiger partial charge < -0.3 is 24.5 Å². The summed E-state index contributed by atoms with van der Waals surface area (Å²) in [6, 6.07) is 11.2. The van der Waals surface area contributed by atoms with Crippen molar-refractivity contribution in [3.8, 4) is 11.5 Å². The third kappa shape index (κ3) is 5.31. The molecule has 1 heterocycles. The Morgan fingerprint density at radius 2 is 1.90 bits per heavy atom. The van der Waals surface area contributed by atoms with E-state index in [1.54, 1.807) is 43.6 Å². The van der Waals surface area contributed by atoms with Crippen molar-refractivity contribution in [1.29, 1.82) is 0 Å². The molecule has 0 aliphatic rings. The monoisotopic (exact) mass is 431 g/mol. The molecular weight excluding hydrogens is 409 g/mol. The number of benzene rings is 2. The number of hydrogen-bond donors (Lipinski definition) is 2. The number of nitrogens with zero attached hydrogens (tertiary/aromatic N) is 2. The van der Waals surface area contributed by atoms with E-state index in [0.29, 0.717) is 34.6 Å². The standard InChI is InChI=1S/C21H22FN3O4S/c1-28-18-8-7-16(9-19(18)29-2)24-20(27)13-30-21-23-10-17(12-26)25(21)11-14-3-5-15(22)6-4-14/h3-10,26H,11-13H2,1-2H3,(H,24,27). The number of halogens is 1. The van der Waals surface area contributed by atoms with Crippen molar-refractivity contribution in [3.63, 3.8) is 0 Å². The van der Waals surface area contributed by atoms with Crippen molar-refractivity contribution in [3.05, 3.63) is 65.7 Å². The van der Waals surface area contributed by atoms with Crippen LogP contribution in [-0.2, 0) is 17.9 Å². The molecule has 3 rings (SSSR count). The fraction of sp³-hybridized carbons (Fsp3) is 0.238. The summed E-state index contributed by atoms with van der Waals surface area (Å²) in [6.45, 7) is 0.225. The topological polar surface area (TPSA) is 85.6 Å². The van der Waals surface area contributed by atoms with Crippen LogP contribution in [0.4, 0.5) is 10.1 Å². The van der Waals surface area contributed by atoms with Crippen molar-refractivity contribution >= 4 is 23.4 Å². The molecule has 158 valence electrons. The van der Waals surface area contributed by atoms with Crippen LogP contribution in [0, 0.1) is 5.82 Å². The number of anilines is 1. The summed E-state index contributed by atoms with van der Waals surface area (Å²) in [5.41, 5.74) is 2.06. The molecule has 0 fully saturated rings. The van der Waals surface area contributed by atoms with Crippen molar-refractivity contribution in [2.45, 2.75) is 18.3 Å². The van der Waals surface area contributed by atoms with E-state index in [2.05, 4.69) is 10.3 Å². The smallest absolute Gasteiger partial charge is 0.234 e. The van der Waals surface area contributed by atoms with E-state index in [4.69, 9.17) is 9.47 Å². The highest BCUT2D eigenvalue weighted by Gasteiger charge is 2.14. The molecule has 0 saturated carbocycles. The van der Waals surface area contributed by atoms with Gasteiger partial charge in [-0.15, -0.1) is 0 Å². The van der Waals surface area contributed by atoms with Gasteiger partial charge in [0.15, 0.2) is 16.7 Å². The van der Waals surface area contributed by atoms with Gasteiger partial charge in [-0.25, -0.2) is 9.37 Å². The van der Waals surface area contributed by atoms with Crippen molar-refractivity contribution in [2.24, 2.45) is 0 Å². The Morgan fingerprint density at radius 3 is 2.57 bits per heavy atom. The highest BCUT2D eigenvalue weighted by Crippen LogP contribution is 2.30. The predicted molar refractivity (Wildman–Crippen MR) is 113 cm³/mol. The van der Waals surface area contributed by atoms with Crippen molar-refractivity contribution < 1.29 is 23.8 Å². The molecule has 0 unspecified atom stereocenters. The number of aromatic nitrogens is 2. The Kier molecular flexibility index (Phi) is 7.31. The summed E-state index contributed by atoms with van der Waals surface area (Å²) < 4.78 is 25.4. The molecule has 0 aliphatic heterocycles. The van der Waals surface area contributed by atoms with Crippen LogP contribution in [0.25, 0.3) is 0 Å². The zero-order valence-corrected chi connectivity index (χ0v) is 17.4. The van der Waals surface area contributed by atoms with Crippen molar-refractivity contribution in [2.75, 3.05) is 25.3 Å². The lowest BCUT2D eigenvalue weighted by Crippen LogP contribution is -2.15. The molecule has 9 heteroatoms. The Hall–Kier alpha value is -3.04. The van der Waals surface area contributed by atoms with Crippen LogP contribution in [0.3, 0.4) is 0 Å². The molecule has 0 saturated heterocycles. The van der Waals surface area contributed by atoms with Gasteiger partial charge >= 0.3 is 0 Å². The molecule has 1 amide bonds. The lowest BCUT2D eigenvalue weighted by Gasteiger charge is -2.12. The van der Waals surface area contributed by atoms with Gasteiger partial charge in [0.2, 0.25) is 5.91 Å². The largest absolute Gasteiger partial charge is 0.493 e. The number of aliphatic hydroxyl groups is 1. The lowest BCUT2D eigenvalue weighted by atomic mass is 10.2. The fourth-order valence-electron chi connectivity index (χ4n) is 2.82. The average Bonchev–Trinajstić information content (AvgIpc) is 3.15. The number of methoxy groups -OCH3 is 2. The zero-order valence-electron chi connectivity index (χ0n) is 16.6. The second-order valence-electron chi connectivity index (χ2n) is 6.31. The van der Waals surface area contributed by atoms with Gasteiger partial charge in [-0.1, -0.05) is 23.9 Å². The SMILES string of the molecule is COc1ccc(NC(=O)CSc2ncc(CO)n2Cc2ccc(F)cc2)cc1OC. The Morgan fingerprint density at radius 1 is 1.17 bits per heavy atom. The molecule has 1 aromatic heterocycles. The zero-order chi connectivity index (χ0) is 21.5. The number of imidazole rings is 1. The van der Waals surface area contributed by atoms with Gasteiger partial charge in [-0.05, 0) is 29.8 Å². The number of carbonyl (C=O) groups excluding carboxylic acids is 1. The van der Waals surface area contributed by atoms with E-state index >= 15 is 0 Å². The fourth-order valence-corrected chi connectivity index (χ4v) is 3.61. The summed E-state index contributed by atoms with van der Waals surface area (Å²) in [6.07, 6.45) is 1.57. The van der Waals surface area contributed by atoms with E-state index < -0.39 is 0 Å². The van der Waals surface area contributed by atoms with Crippen LogP contribution in [-0.4, -0.2) is 40.5 Å². The van der Waals surface area contributed by atoms with Gasteiger partial charge in [0.25, 0.3) is 0 Å². The number of hydrogen-bond acceptors (Lipinski definition) is 6. The van der Waals surface area contributed by atoms with Crippen LogP contribution in [0.2, 0.25) is 0 Å². The van der Waals surface area contributed by atoms with Gasteiger partial charge in [0.05, 0.1) is 38.5 Å². The number of ether oxygens (including phenoxy) is 2. The first-order valence-corrected chi connectivity index (χ1v) is 10.1. The minimum atomic E-state index is -0.312. The second-order valence-corrected chi connectivity index (χ2v) is 7.25. The first-order chi connectivity index (χ1) is 14.5. The maximum atomic E-state index is 13.1. The third-order valence-corrected chi connectivity index (χ3v) is 5.31. The average molecular weight is 431 g/mol. The third-order valence-electron chi connectivity index (χ3n) is 4.32. The lowest BCUT2D eigenvalue weighted by molar-refractivity contribution is -0.113. The molecule has 2 aromatic carbocycles. The first kappa shape index (κ1) is 21.7. The second kappa shape index (κ2) is 10.1. The van der Waals surface area contributed by atoms with Gasteiger partial charge in [0.1, 0.15) is 5.82 Å². The van der Waals surface area contributed by atoms with E-state index in [1.807, 2.05) is 4.57 Å². The molecule has 0 atom stereocenters.